The topological polar surface area (TPSA) is 55.7 Å². The number of fused-ring (bicyclic) bond motifs is 1. The summed E-state index contributed by atoms with van der Waals surface area (Å²) in [7, 11) is 0. The van der Waals surface area contributed by atoms with Gasteiger partial charge < -0.3 is 19.4 Å². The van der Waals surface area contributed by atoms with Gasteiger partial charge in [0.15, 0.2) is 0 Å². The highest BCUT2D eigenvalue weighted by Gasteiger charge is 2.21. The van der Waals surface area contributed by atoms with Crippen LogP contribution in [-0.4, -0.2) is 61.4 Å². The third-order valence-corrected chi connectivity index (χ3v) is 5.39. The predicted octanol–water partition coefficient (Wildman–Crippen LogP) is 2.34. The molecule has 6 heteroatoms. The van der Waals surface area contributed by atoms with Gasteiger partial charge in [-0.25, -0.2) is 0 Å². The monoisotopic (exact) mass is 357 g/mol. The van der Waals surface area contributed by atoms with E-state index in [9.17, 15) is 4.79 Å². The van der Waals surface area contributed by atoms with E-state index in [0.29, 0.717) is 13.2 Å². The van der Waals surface area contributed by atoms with Gasteiger partial charge in [-0.1, -0.05) is 0 Å². The fraction of sp³-hybridized carbons (Fsp3) is 0.550. The van der Waals surface area contributed by atoms with Crippen LogP contribution in [0.4, 0.5) is 5.69 Å². The number of benzene rings is 1. The summed E-state index contributed by atoms with van der Waals surface area (Å²) in [4.78, 5) is 14.8. The van der Waals surface area contributed by atoms with Gasteiger partial charge in [0.1, 0.15) is 0 Å². The van der Waals surface area contributed by atoms with E-state index in [1.165, 1.54) is 5.52 Å². The first-order valence-corrected chi connectivity index (χ1v) is 9.57. The molecule has 1 N–H and O–H groups in total. The average molecular weight is 357 g/mol. The molecule has 2 aliphatic heterocycles. The van der Waals surface area contributed by atoms with Crippen LogP contribution in [0, 0.1) is 5.92 Å². The van der Waals surface area contributed by atoms with Crippen LogP contribution in [0.5, 0.6) is 0 Å². The van der Waals surface area contributed by atoms with E-state index in [1.54, 1.807) is 0 Å². The number of morpholine rings is 1. The molecule has 1 aromatic heterocycles. The Morgan fingerprint density at radius 3 is 2.62 bits per heavy atom. The molecule has 140 valence electrons. The Bertz CT molecular complexity index is 746. The molecule has 0 unspecified atom stereocenters. The first kappa shape index (κ1) is 17.5. The molecular formula is C20H27N3O3. The molecule has 2 aliphatic rings. The Balaban J connectivity index is 1.39. The van der Waals surface area contributed by atoms with Gasteiger partial charge in [-0.15, -0.1) is 0 Å². The number of hydrogen-bond acceptors (Lipinski definition) is 4. The SMILES string of the molecule is O=C(Nc1ccc2c(ccn2CCN2CCOCC2)c1)C1CCOCC1. The van der Waals surface area contributed by atoms with Gasteiger partial charge in [0.25, 0.3) is 0 Å². The number of carbonyl (C=O) groups excluding carboxylic acids is 1. The summed E-state index contributed by atoms with van der Waals surface area (Å²) in [5.41, 5.74) is 2.09. The highest BCUT2D eigenvalue weighted by Crippen LogP contribution is 2.23. The van der Waals surface area contributed by atoms with Crippen LogP contribution < -0.4 is 5.32 Å². The van der Waals surface area contributed by atoms with Crippen molar-refractivity contribution in [2.24, 2.45) is 5.92 Å². The van der Waals surface area contributed by atoms with Gasteiger partial charge >= 0.3 is 0 Å². The lowest BCUT2D eigenvalue weighted by molar-refractivity contribution is -0.122. The molecule has 6 nitrogen and oxygen atoms in total. The molecule has 2 saturated heterocycles. The van der Waals surface area contributed by atoms with Crippen molar-refractivity contribution >= 4 is 22.5 Å². The fourth-order valence-corrected chi connectivity index (χ4v) is 3.75. The Kier molecular flexibility index (Phi) is 5.53. The number of amides is 1. The molecule has 2 fully saturated rings. The van der Waals surface area contributed by atoms with E-state index >= 15 is 0 Å². The van der Waals surface area contributed by atoms with Crippen molar-refractivity contribution in [2.45, 2.75) is 19.4 Å². The van der Waals surface area contributed by atoms with Crippen LogP contribution in [0.15, 0.2) is 30.5 Å². The second kappa shape index (κ2) is 8.20. The first-order chi connectivity index (χ1) is 12.8. The molecule has 4 rings (SSSR count). The molecule has 3 heterocycles. The van der Waals surface area contributed by atoms with Crippen LogP contribution in [0.2, 0.25) is 0 Å². The number of nitrogens with zero attached hydrogens (tertiary/aromatic N) is 2. The lowest BCUT2D eigenvalue weighted by atomic mass is 9.99. The van der Waals surface area contributed by atoms with E-state index in [2.05, 4.69) is 39.2 Å². The van der Waals surface area contributed by atoms with E-state index < -0.39 is 0 Å². The number of aromatic nitrogens is 1. The van der Waals surface area contributed by atoms with Crippen LogP contribution in [-0.2, 0) is 20.8 Å². The van der Waals surface area contributed by atoms with E-state index in [4.69, 9.17) is 9.47 Å². The molecule has 0 bridgehead atoms. The van der Waals surface area contributed by atoms with E-state index in [-0.39, 0.29) is 11.8 Å². The molecule has 0 radical (unpaired) electrons. The van der Waals surface area contributed by atoms with Crippen LogP contribution in [0.25, 0.3) is 10.9 Å². The standard InChI is InChI=1S/C20H27N3O3/c24-20(16-4-11-25-12-5-16)21-18-1-2-19-17(15-18)3-6-23(19)8-7-22-9-13-26-14-10-22/h1-3,6,15-16H,4-5,7-14H2,(H,21,24). The predicted molar refractivity (Wildman–Crippen MR) is 101 cm³/mol. The summed E-state index contributed by atoms with van der Waals surface area (Å²) in [5, 5.41) is 4.23. The lowest BCUT2D eigenvalue weighted by Crippen LogP contribution is -2.38. The minimum absolute atomic E-state index is 0.0672. The van der Waals surface area contributed by atoms with Gasteiger partial charge in [-0.3, -0.25) is 9.69 Å². The van der Waals surface area contributed by atoms with Gasteiger partial charge in [-0.05, 0) is 37.1 Å². The zero-order valence-corrected chi connectivity index (χ0v) is 15.2. The van der Waals surface area contributed by atoms with Crippen molar-refractivity contribution < 1.29 is 14.3 Å². The van der Waals surface area contributed by atoms with Crippen molar-refractivity contribution in [2.75, 3.05) is 51.4 Å². The van der Waals surface area contributed by atoms with Crippen LogP contribution >= 0.6 is 0 Å². The molecule has 1 amide bonds. The largest absolute Gasteiger partial charge is 0.381 e. The van der Waals surface area contributed by atoms with Crippen LogP contribution in [0.3, 0.4) is 0 Å². The smallest absolute Gasteiger partial charge is 0.227 e. The van der Waals surface area contributed by atoms with Crippen molar-refractivity contribution in [1.82, 2.24) is 9.47 Å². The summed E-state index contributed by atoms with van der Waals surface area (Å²) in [5.74, 6) is 0.178. The second-order valence-electron chi connectivity index (χ2n) is 7.11. The number of hydrogen-bond donors (Lipinski definition) is 1. The molecule has 0 spiro atoms. The third kappa shape index (κ3) is 4.09. The van der Waals surface area contributed by atoms with Crippen molar-refractivity contribution in [1.29, 1.82) is 0 Å². The quantitative estimate of drug-likeness (QED) is 0.892. The molecule has 1 aromatic carbocycles. The molecule has 2 aromatic rings. The summed E-state index contributed by atoms with van der Waals surface area (Å²) in [6.45, 7) is 7.08. The summed E-state index contributed by atoms with van der Waals surface area (Å²) < 4.78 is 13.0. The number of rotatable bonds is 5. The molecule has 0 atom stereocenters. The Morgan fingerprint density at radius 2 is 1.81 bits per heavy atom. The van der Waals surface area contributed by atoms with Gasteiger partial charge in [-0.2, -0.15) is 0 Å². The Hall–Kier alpha value is -1.89. The number of nitrogens with one attached hydrogen (secondary N) is 1. The molecule has 0 aliphatic carbocycles. The van der Waals surface area contributed by atoms with E-state index in [1.807, 2.05) is 6.07 Å². The van der Waals surface area contributed by atoms with Crippen molar-refractivity contribution in [3.8, 4) is 0 Å². The minimum atomic E-state index is 0.0672. The van der Waals surface area contributed by atoms with Crippen LogP contribution in [0.1, 0.15) is 12.8 Å². The summed E-state index contributed by atoms with van der Waals surface area (Å²) >= 11 is 0. The Morgan fingerprint density at radius 1 is 1.04 bits per heavy atom. The summed E-state index contributed by atoms with van der Waals surface area (Å²) in [6.07, 6.45) is 3.76. The maximum Gasteiger partial charge on any atom is 0.227 e. The normalized spacial score (nSPS) is 19.7. The Labute approximate surface area is 154 Å². The maximum atomic E-state index is 12.4. The average Bonchev–Trinajstić information content (AvgIpc) is 3.10. The minimum Gasteiger partial charge on any atom is -0.381 e. The number of anilines is 1. The van der Waals surface area contributed by atoms with Gasteiger partial charge in [0, 0.05) is 68.1 Å². The second-order valence-corrected chi connectivity index (χ2v) is 7.11. The molecule has 26 heavy (non-hydrogen) atoms. The van der Waals surface area contributed by atoms with Gasteiger partial charge in [0.05, 0.1) is 13.2 Å². The molecular weight excluding hydrogens is 330 g/mol. The van der Waals surface area contributed by atoms with Crippen molar-refractivity contribution in [3.63, 3.8) is 0 Å². The third-order valence-electron chi connectivity index (χ3n) is 5.39. The zero-order chi connectivity index (χ0) is 17.8. The lowest BCUT2D eigenvalue weighted by Gasteiger charge is -2.26. The number of ether oxygens (including phenoxy) is 2. The summed E-state index contributed by atoms with van der Waals surface area (Å²) in [6, 6.07) is 8.30. The molecule has 0 saturated carbocycles. The van der Waals surface area contributed by atoms with Crippen molar-refractivity contribution in [3.05, 3.63) is 30.5 Å². The highest BCUT2D eigenvalue weighted by atomic mass is 16.5. The van der Waals surface area contributed by atoms with Gasteiger partial charge in [0.2, 0.25) is 5.91 Å². The number of carbonyl (C=O) groups is 1. The highest BCUT2D eigenvalue weighted by molar-refractivity contribution is 5.95. The first-order valence-electron chi connectivity index (χ1n) is 9.57. The fourth-order valence-electron chi connectivity index (χ4n) is 3.75. The maximum absolute atomic E-state index is 12.4. The van der Waals surface area contributed by atoms with E-state index in [0.717, 1.165) is 63.3 Å². The zero-order valence-electron chi connectivity index (χ0n) is 15.2.